The Morgan fingerprint density at radius 1 is 1.33 bits per heavy atom. The standard InChI is InChI=1S/C15H20N2O4/c1-2-20-15(19)9-17-14(18)10-21-13-7-8-16-12-6-4-3-5-11(12)13/h7-8H,2-6,9-10H2,1H3,(H,17,18). The van der Waals surface area contributed by atoms with Gasteiger partial charge in [0.2, 0.25) is 0 Å². The summed E-state index contributed by atoms with van der Waals surface area (Å²) in [7, 11) is 0. The predicted molar refractivity (Wildman–Crippen MR) is 76.0 cm³/mol. The lowest BCUT2D eigenvalue weighted by molar-refractivity contribution is -0.143. The van der Waals surface area contributed by atoms with Gasteiger partial charge in [-0.15, -0.1) is 0 Å². The van der Waals surface area contributed by atoms with E-state index < -0.39 is 5.97 Å². The van der Waals surface area contributed by atoms with Gasteiger partial charge in [-0.05, 0) is 38.7 Å². The van der Waals surface area contributed by atoms with Gasteiger partial charge in [-0.25, -0.2) is 0 Å². The Kier molecular flexibility index (Phi) is 5.54. The fourth-order valence-electron chi connectivity index (χ4n) is 2.31. The summed E-state index contributed by atoms with van der Waals surface area (Å²) in [4.78, 5) is 27.1. The molecule has 0 aliphatic heterocycles. The lowest BCUT2D eigenvalue weighted by atomic mass is 9.95. The highest BCUT2D eigenvalue weighted by atomic mass is 16.5. The first kappa shape index (κ1) is 15.3. The maximum Gasteiger partial charge on any atom is 0.325 e. The number of amides is 1. The topological polar surface area (TPSA) is 77.5 Å². The molecule has 114 valence electrons. The van der Waals surface area contributed by atoms with Gasteiger partial charge in [-0.3, -0.25) is 14.6 Å². The van der Waals surface area contributed by atoms with Gasteiger partial charge in [0.15, 0.2) is 6.61 Å². The molecule has 1 heterocycles. The van der Waals surface area contributed by atoms with Crippen molar-refractivity contribution in [2.75, 3.05) is 19.8 Å². The number of nitrogens with zero attached hydrogens (tertiary/aromatic N) is 1. The smallest absolute Gasteiger partial charge is 0.325 e. The highest BCUT2D eigenvalue weighted by molar-refractivity contribution is 5.82. The Morgan fingerprint density at radius 3 is 2.95 bits per heavy atom. The van der Waals surface area contributed by atoms with E-state index in [1.54, 1.807) is 19.2 Å². The minimum atomic E-state index is -0.452. The molecule has 6 nitrogen and oxygen atoms in total. The number of nitrogens with one attached hydrogen (secondary N) is 1. The third kappa shape index (κ3) is 4.44. The van der Waals surface area contributed by atoms with Crippen LogP contribution in [0.3, 0.4) is 0 Å². The van der Waals surface area contributed by atoms with Crippen molar-refractivity contribution in [3.63, 3.8) is 0 Å². The van der Waals surface area contributed by atoms with E-state index >= 15 is 0 Å². The second-order valence-corrected chi connectivity index (χ2v) is 4.81. The van der Waals surface area contributed by atoms with Crippen molar-refractivity contribution in [1.29, 1.82) is 0 Å². The molecule has 0 bridgehead atoms. The average Bonchev–Trinajstić information content (AvgIpc) is 2.51. The van der Waals surface area contributed by atoms with Crippen LogP contribution in [0.4, 0.5) is 0 Å². The summed E-state index contributed by atoms with van der Waals surface area (Å²) in [6, 6.07) is 1.78. The molecule has 0 radical (unpaired) electrons. The Bertz CT molecular complexity index is 516. The van der Waals surface area contributed by atoms with Crippen LogP contribution in [0.2, 0.25) is 0 Å². The molecule has 1 N–H and O–H groups in total. The Balaban J connectivity index is 1.83. The van der Waals surface area contributed by atoms with E-state index in [0.29, 0.717) is 12.4 Å². The van der Waals surface area contributed by atoms with E-state index in [1.807, 2.05) is 0 Å². The molecule has 1 aromatic heterocycles. The van der Waals surface area contributed by atoms with E-state index in [9.17, 15) is 9.59 Å². The minimum absolute atomic E-state index is 0.115. The minimum Gasteiger partial charge on any atom is -0.483 e. The first-order valence-electron chi connectivity index (χ1n) is 7.22. The molecule has 2 rings (SSSR count). The van der Waals surface area contributed by atoms with Gasteiger partial charge >= 0.3 is 5.97 Å². The molecule has 1 aromatic rings. The molecule has 0 fully saturated rings. The van der Waals surface area contributed by atoms with Crippen LogP contribution in [0, 0.1) is 0 Å². The van der Waals surface area contributed by atoms with Gasteiger partial charge in [0, 0.05) is 17.5 Å². The van der Waals surface area contributed by atoms with E-state index in [4.69, 9.17) is 9.47 Å². The number of fused-ring (bicyclic) bond motifs is 1. The molecule has 0 aromatic carbocycles. The van der Waals surface area contributed by atoms with E-state index in [1.165, 1.54) is 0 Å². The van der Waals surface area contributed by atoms with E-state index in [0.717, 1.165) is 36.9 Å². The zero-order valence-electron chi connectivity index (χ0n) is 12.2. The fraction of sp³-hybridized carbons (Fsp3) is 0.533. The number of ether oxygens (including phenoxy) is 2. The monoisotopic (exact) mass is 292 g/mol. The van der Waals surface area contributed by atoms with Crippen LogP contribution >= 0.6 is 0 Å². The SMILES string of the molecule is CCOC(=O)CNC(=O)COc1ccnc2c1CCCC2. The lowest BCUT2D eigenvalue weighted by Gasteiger charge is -2.18. The normalized spacial score (nSPS) is 13.2. The van der Waals surface area contributed by atoms with Gasteiger partial charge < -0.3 is 14.8 Å². The number of esters is 1. The Hall–Kier alpha value is -2.11. The van der Waals surface area contributed by atoms with Gasteiger partial charge in [0.1, 0.15) is 12.3 Å². The van der Waals surface area contributed by atoms with Crippen molar-refractivity contribution < 1.29 is 19.1 Å². The van der Waals surface area contributed by atoms with Crippen LogP contribution in [-0.2, 0) is 27.2 Å². The number of aromatic nitrogens is 1. The van der Waals surface area contributed by atoms with Crippen LogP contribution in [0.1, 0.15) is 31.0 Å². The summed E-state index contributed by atoms with van der Waals surface area (Å²) in [5.41, 5.74) is 2.16. The van der Waals surface area contributed by atoms with Crippen molar-refractivity contribution in [3.05, 3.63) is 23.5 Å². The molecule has 0 saturated carbocycles. The number of aryl methyl sites for hydroxylation is 1. The molecule has 6 heteroatoms. The highest BCUT2D eigenvalue weighted by Crippen LogP contribution is 2.27. The maximum absolute atomic E-state index is 11.6. The Morgan fingerprint density at radius 2 is 2.14 bits per heavy atom. The molecular weight excluding hydrogens is 272 g/mol. The number of hydrogen-bond acceptors (Lipinski definition) is 5. The second kappa shape index (κ2) is 7.61. The van der Waals surface area contributed by atoms with Crippen LogP contribution in [0.25, 0.3) is 0 Å². The lowest BCUT2D eigenvalue weighted by Crippen LogP contribution is -2.34. The summed E-state index contributed by atoms with van der Waals surface area (Å²) < 4.78 is 10.3. The van der Waals surface area contributed by atoms with Gasteiger partial charge in [0.25, 0.3) is 5.91 Å². The van der Waals surface area contributed by atoms with Crippen LogP contribution in [-0.4, -0.2) is 36.6 Å². The largest absolute Gasteiger partial charge is 0.483 e. The van der Waals surface area contributed by atoms with Crippen molar-refractivity contribution in [1.82, 2.24) is 10.3 Å². The number of rotatable bonds is 6. The quantitative estimate of drug-likeness (QED) is 0.792. The summed E-state index contributed by atoms with van der Waals surface area (Å²) in [5, 5.41) is 2.46. The second-order valence-electron chi connectivity index (χ2n) is 4.81. The third-order valence-corrected chi connectivity index (χ3v) is 3.29. The zero-order valence-corrected chi connectivity index (χ0v) is 12.2. The fourth-order valence-corrected chi connectivity index (χ4v) is 2.31. The summed E-state index contributed by atoms with van der Waals surface area (Å²) in [5.74, 6) is -0.0810. The number of carbonyl (C=O) groups is 2. The average molecular weight is 292 g/mol. The molecule has 0 saturated heterocycles. The zero-order chi connectivity index (χ0) is 15.1. The third-order valence-electron chi connectivity index (χ3n) is 3.29. The molecular formula is C15H20N2O4. The number of pyridine rings is 1. The van der Waals surface area contributed by atoms with Gasteiger partial charge in [-0.1, -0.05) is 0 Å². The molecule has 0 unspecified atom stereocenters. The molecule has 0 atom stereocenters. The molecule has 1 aliphatic carbocycles. The van der Waals surface area contributed by atoms with Crippen molar-refractivity contribution >= 4 is 11.9 Å². The predicted octanol–water partition coefficient (Wildman–Crippen LogP) is 1.02. The summed E-state index contributed by atoms with van der Waals surface area (Å²) >= 11 is 0. The van der Waals surface area contributed by atoms with E-state index in [-0.39, 0.29) is 19.1 Å². The number of carbonyl (C=O) groups excluding carboxylic acids is 2. The van der Waals surface area contributed by atoms with Crippen LogP contribution in [0.5, 0.6) is 5.75 Å². The van der Waals surface area contributed by atoms with Crippen molar-refractivity contribution in [2.24, 2.45) is 0 Å². The van der Waals surface area contributed by atoms with Crippen LogP contribution in [0.15, 0.2) is 12.3 Å². The highest BCUT2D eigenvalue weighted by Gasteiger charge is 2.16. The summed E-state index contributed by atoms with van der Waals surface area (Å²) in [6.45, 7) is 1.77. The van der Waals surface area contributed by atoms with Crippen molar-refractivity contribution in [2.45, 2.75) is 32.6 Å². The van der Waals surface area contributed by atoms with E-state index in [2.05, 4.69) is 10.3 Å². The molecule has 0 spiro atoms. The van der Waals surface area contributed by atoms with Gasteiger partial charge in [-0.2, -0.15) is 0 Å². The Labute approximate surface area is 123 Å². The molecule has 1 aliphatic rings. The molecule has 1 amide bonds. The van der Waals surface area contributed by atoms with Gasteiger partial charge in [0.05, 0.1) is 6.61 Å². The summed E-state index contributed by atoms with van der Waals surface area (Å²) in [6.07, 6.45) is 5.86. The maximum atomic E-state index is 11.6. The van der Waals surface area contributed by atoms with Crippen LogP contribution < -0.4 is 10.1 Å². The first-order chi connectivity index (χ1) is 10.2. The number of hydrogen-bond donors (Lipinski definition) is 1. The molecule has 21 heavy (non-hydrogen) atoms. The van der Waals surface area contributed by atoms with Crippen molar-refractivity contribution in [3.8, 4) is 5.75 Å². The first-order valence-corrected chi connectivity index (χ1v) is 7.22.